The number of hydrogen-bond acceptors (Lipinski definition) is 5. The smallest absolute Gasteiger partial charge is 0.223 e. The van der Waals surface area contributed by atoms with Crippen molar-refractivity contribution in [2.24, 2.45) is 0 Å². The molecule has 0 aromatic heterocycles. The molecule has 7 heteroatoms. The van der Waals surface area contributed by atoms with E-state index in [1.165, 1.54) is 0 Å². The molecule has 1 N–H and O–H groups in total. The summed E-state index contributed by atoms with van der Waals surface area (Å²) in [5.74, 6) is 0.721. The molecule has 2 heterocycles. The van der Waals surface area contributed by atoms with Crippen molar-refractivity contribution in [2.75, 3.05) is 52.5 Å². The average Bonchev–Trinajstić information content (AvgIpc) is 2.65. The highest BCUT2D eigenvalue weighted by molar-refractivity contribution is 6.30. The van der Waals surface area contributed by atoms with E-state index in [-0.39, 0.29) is 12.5 Å². The van der Waals surface area contributed by atoms with Crippen molar-refractivity contribution in [3.8, 4) is 5.75 Å². The number of aliphatic hydroxyl groups is 1. The maximum absolute atomic E-state index is 12.5. The molecule has 0 spiro atoms. The van der Waals surface area contributed by atoms with E-state index in [1.54, 1.807) is 17.0 Å². The largest absolute Gasteiger partial charge is 0.490 e. The Balaban J connectivity index is 1.48. The van der Waals surface area contributed by atoms with Crippen molar-refractivity contribution in [3.63, 3.8) is 0 Å². The molecule has 1 aromatic carbocycles. The van der Waals surface area contributed by atoms with Crippen molar-refractivity contribution in [1.29, 1.82) is 0 Å². The maximum Gasteiger partial charge on any atom is 0.223 e. The quantitative estimate of drug-likeness (QED) is 0.812. The average molecular weight is 383 g/mol. The molecule has 2 saturated heterocycles. The van der Waals surface area contributed by atoms with E-state index in [2.05, 4.69) is 4.90 Å². The third-order valence-electron chi connectivity index (χ3n) is 4.96. The zero-order valence-electron chi connectivity index (χ0n) is 15.0. The van der Waals surface area contributed by atoms with E-state index < -0.39 is 5.60 Å². The highest BCUT2D eigenvalue weighted by Crippen LogP contribution is 2.24. The maximum atomic E-state index is 12.5. The first-order valence-corrected chi connectivity index (χ1v) is 9.61. The Bertz CT molecular complexity index is 609. The molecule has 26 heavy (non-hydrogen) atoms. The predicted molar refractivity (Wildman–Crippen MR) is 99.6 cm³/mol. The lowest BCUT2D eigenvalue weighted by Gasteiger charge is -2.39. The number of benzene rings is 1. The Morgan fingerprint density at radius 2 is 2.12 bits per heavy atom. The van der Waals surface area contributed by atoms with Crippen molar-refractivity contribution in [1.82, 2.24) is 9.80 Å². The molecule has 0 aliphatic carbocycles. The minimum atomic E-state index is -1.02. The van der Waals surface area contributed by atoms with Crippen molar-refractivity contribution < 1.29 is 19.4 Å². The van der Waals surface area contributed by atoms with E-state index in [9.17, 15) is 9.90 Å². The van der Waals surface area contributed by atoms with Crippen LogP contribution in [0.3, 0.4) is 0 Å². The van der Waals surface area contributed by atoms with Gasteiger partial charge in [0.05, 0.1) is 19.8 Å². The number of hydrogen-bond donors (Lipinski definition) is 1. The van der Waals surface area contributed by atoms with Crippen LogP contribution in [0.2, 0.25) is 5.02 Å². The number of morpholine rings is 1. The molecule has 3 rings (SSSR count). The van der Waals surface area contributed by atoms with E-state index in [0.717, 1.165) is 39.3 Å². The molecule has 0 bridgehead atoms. The van der Waals surface area contributed by atoms with Crippen LogP contribution >= 0.6 is 11.6 Å². The van der Waals surface area contributed by atoms with E-state index in [0.29, 0.717) is 36.7 Å². The third kappa shape index (κ3) is 5.58. The van der Waals surface area contributed by atoms with Crippen LogP contribution in [0.25, 0.3) is 0 Å². The molecule has 2 aliphatic heterocycles. The zero-order valence-corrected chi connectivity index (χ0v) is 15.8. The summed E-state index contributed by atoms with van der Waals surface area (Å²) in [4.78, 5) is 16.6. The molecule has 2 fully saturated rings. The molecule has 2 aliphatic rings. The molecule has 1 aromatic rings. The number of carbonyl (C=O) groups is 1. The summed E-state index contributed by atoms with van der Waals surface area (Å²) >= 11 is 5.96. The summed E-state index contributed by atoms with van der Waals surface area (Å²) in [7, 11) is 0. The standard InChI is InChI=1S/C19H27ClN2O4/c20-16-3-1-4-17(13-16)26-15-19(24)6-2-7-22(14-19)18(23)5-8-21-9-11-25-12-10-21/h1,3-4,13,24H,2,5-12,14-15H2. The number of carbonyl (C=O) groups excluding carboxylic acids is 1. The fourth-order valence-corrected chi connectivity index (χ4v) is 3.63. The van der Waals surface area contributed by atoms with Gasteiger partial charge in [-0.15, -0.1) is 0 Å². The summed E-state index contributed by atoms with van der Waals surface area (Å²) in [5, 5.41) is 11.5. The Kier molecular flexibility index (Phi) is 6.75. The molecule has 1 unspecified atom stereocenters. The van der Waals surface area contributed by atoms with Gasteiger partial charge in [-0.05, 0) is 31.0 Å². The molecule has 144 valence electrons. The lowest BCUT2D eigenvalue weighted by atomic mass is 9.93. The Hall–Kier alpha value is -1.34. The molecule has 1 atom stereocenters. The number of amides is 1. The fourth-order valence-electron chi connectivity index (χ4n) is 3.45. The fraction of sp³-hybridized carbons (Fsp3) is 0.632. The van der Waals surface area contributed by atoms with Crippen LogP contribution in [-0.2, 0) is 9.53 Å². The highest BCUT2D eigenvalue weighted by atomic mass is 35.5. The molecule has 6 nitrogen and oxygen atoms in total. The van der Waals surface area contributed by atoms with Gasteiger partial charge >= 0.3 is 0 Å². The van der Waals surface area contributed by atoms with Gasteiger partial charge in [-0.25, -0.2) is 0 Å². The molecule has 0 radical (unpaired) electrons. The highest BCUT2D eigenvalue weighted by Gasteiger charge is 2.36. The second kappa shape index (κ2) is 9.04. The van der Waals surface area contributed by atoms with Crippen LogP contribution in [0, 0.1) is 0 Å². The van der Waals surface area contributed by atoms with Gasteiger partial charge in [0.15, 0.2) is 0 Å². The first kappa shape index (κ1) is 19.4. The van der Waals surface area contributed by atoms with Gasteiger partial charge in [0.2, 0.25) is 5.91 Å². The van der Waals surface area contributed by atoms with Gasteiger partial charge in [0, 0.05) is 37.6 Å². The van der Waals surface area contributed by atoms with Gasteiger partial charge in [-0.3, -0.25) is 9.69 Å². The van der Waals surface area contributed by atoms with Crippen LogP contribution in [0.15, 0.2) is 24.3 Å². The number of likely N-dealkylation sites (tertiary alicyclic amines) is 1. The summed E-state index contributed by atoms with van der Waals surface area (Å²) in [6, 6.07) is 7.12. The molecular formula is C19H27ClN2O4. The summed E-state index contributed by atoms with van der Waals surface area (Å²) < 4.78 is 11.0. The van der Waals surface area contributed by atoms with Gasteiger partial charge in [0.1, 0.15) is 18.0 Å². The first-order chi connectivity index (χ1) is 12.5. The number of ether oxygens (including phenoxy) is 2. The zero-order chi connectivity index (χ0) is 18.4. The van der Waals surface area contributed by atoms with E-state index in [4.69, 9.17) is 21.1 Å². The lowest BCUT2D eigenvalue weighted by molar-refractivity contribution is -0.140. The van der Waals surface area contributed by atoms with Gasteiger partial charge in [0.25, 0.3) is 0 Å². The van der Waals surface area contributed by atoms with Crippen LogP contribution in [0.1, 0.15) is 19.3 Å². The molecule has 0 saturated carbocycles. The second-order valence-corrected chi connectivity index (χ2v) is 7.53. The Labute approximate surface area is 159 Å². The minimum Gasteiger partial charge on any atom is -0.490 e. The number of rotatable bonds is 6. The minimum absolute atomic E-state index is 0.0948. The third-order valence-corrected chi connectivity index (χ3v) is 5.19. The summed E-state index contributed by atoms with van der Waals surface area (Å²) in [5.41, 5.74) is -1.02. The number of piperidine rings is 1. The number of halogens is 1. The van der Waals surface area contributed by atoms with Crippen LogP contribution < -0.4 is 4.74 Å². The van der Waals surface area contributed by atoms with Crippen molar-refractivity contribution in [3.05, 3.63) is 29.3 Å². The SMILES string of the molecule is O=C(CCN1CCOCC1)N1CCCC(O)(COc2cccc(Cl)c2)C1. The molecule has 1 amide bonds. The van der Waals surface area contributed by atoms with Crippen molar-refractivity contribution in [2.45, 2.75) is 24.9 Å². The van der Waals surface area contributed by atoms with Gasteiger partial charge in [-0.1, -0.05) is 17.7 Å². The number of β-amino-alcohol motifs (C(OH)–C–C–N with tert-alkyl or cyclic N) is 1. The van der Waals surface area contributed by atoms with Crippen LogP contribution in [0.4, 0.5) is 0 Å². The second-order valence-electron chi connectivity index (χ2n) is 7.09. The molecular weight excluding hydrogens is 356 g/mol. The van der Waals surface area contributed by atoms with Crippen LogP contribution in [0.5, 0.6) is 5.75 Å². The van der Waals surface area contributed by atoms with E-state index in [1.807, 2.05) is 12.1 Å². The summed E-state index contributed by atoms with van der Waals surface area (Å²) in [6.07, 6.45) is 1.88. The van der Waals surface area contributed by atoms with Crippen LogP contribution in [-0.4, -0.2) is 79.0 Å². The Morgan fingerprint density at radius 1 is 1.31 bits per heavy atom. The summed E-state index contributed by atoms with van der Waals surface area (Å²) in [6.45, 7) is 5.14. The number of nitrogens with zero attached hydrogens (tertiary/aromatic N) is 2. The van der Waals surface area contributed by atoms with Crippen molar-refractivity contribution >= 4 is 17.5 Å². The normalized spacial score (nSPS) is 24.5. The predicted octanol–water partition coefficient (Wildman–Crippen LogP) is 1.79. The monoisotopic (exact) mass is 382 g/mol. The van der Waals surface area contributed by atoms with Gasteiger partial charge in [-0.2, -0.15) is 0 Å². The Morgan fingerprint density at radius 3 is 2.88 bits per heavy atom. The topological polar surface area (TPSA) is 62.2 Å². The van der Waals surface area contributed by atoms with E-state index >= 15 is 0 Å². The first-order valence-electron chi connectivity index (χ1n) is 9.23. The lowest BCUT2D eigenvalue weighted by Crippen LogP contribution is -2.53. The van der Waals surface area contributed by atoms with Gasteiger partial charge < -0.3 is 19.5 Å².